The molecular formula is C14H21NO2. The molecule has 0 aliphatic carbocycles. The van der Waals surface area contributed by atoms with E-state index in [2.05, 4.69) is 19.2 Å². The third-order valence-corrected chi connectivity index (χ3v) is 3.20. The second kappa shape index (κ2) is 5.52. The van der Waals surface area contributed by atoms with Crippen LogP contribution in [0.25, 0.3) is 0 Å². The summed E-state index contributed by atoms with van der Waals surface area (Å²) >= 11 is 0. The minimum Gasteiger partial charge on any atom is -0.392 e. The van der Waals surface area contributed by atoms with Crippen molar-refractivity contribution in [2.45, 2.75) is 51.5 Å². The van der Waals surface area contributed by atoms with Gasteiger partial charge in [0.1, 0.15) is 0 Å². The Morgan fingerprint density at radius 2 is 1.76 bits per heavy atom. The molecule has 2 unspecified atom stereocenters. The fourth-order valence-corrected chi connectivity index (χ4v) is 2.47. The summed E-state index contributed by atoms with van der Waals surface area (Å²) in [7, 11) is 0. The van der Waals surface area contributed by atoms with Gasteiger partial charge in [0, 0.05) is 11.7 Å². The van der Waals surface area contributed by atoms with Gasteiger partial charge in [0.05, 0.1) is 18.8 Å². The normalized spacial score (nSPS) is 29.0. The molecule has 94 valence electrons. The fourth-order valence-electron chi connectivity index (χ4n) is 2.47. The van der Waals surface area contributed by atoms with E-state index < -0.39 is 0 Å². The maximum atomic E-state index is 8.98. The van der Waals surface area contributed by atoms with E-state index in [0.717, 1.165) is 24.1 Å². The van der Waals surface area contributed by atoms with E-state index in [0.29, 0.717) is 18.2 Å². The van der Waals surface area contributed by atoms with Gasteiger partial charge in [-0.15, -0.1) is 0 Å². The van der Waals surface area contributed by atoms with E-state index >= 15 is 0 Å². The van der Waals surface area contributed by atoms with Crippen molar-refractivity contribution >= 4 is 5.69 Å². The topological polar surface area (TPSA) is 41.5 Å². The summed E-state index contributed by atoms with van der Waals surface area (Å²) in [4.78, 5) is 0. The van der Waals surface area contributed by atoms with Gasteiger partial charge in [-0.2, -0.15) is 0 Å². The first kappa shape index (κ1) is 12.4. The molecule has 0 bridgehead atoms. The molecule has 2 N–H and O–H groups in total. The summed E-state index contributed by atoms with van der Waals surface area (Å²) in [5, 5.41) is 12.5. The molecule has 3 nitrogen and oxygen atoms in total. The molecule has 0 amide bonds. The molecule has 0 radical (unpaired) electrons. The highest BCUT2D eigenvalue weighted by Gasteiger charge is 2.23. The van der Waals surface area contributed by atoms with Crippen molar-refractivity contribution in [1.82, 2.24) is 0 Å². The standard InChI is InChI=1S/C14H21NO2/c1-10-7-14(8-11(2)17-10)15-13-5-3-12(9-16)4-6-13/h3-6,10-11,14-16H,7-9H2,1-2H3. The van der Waals surface area contributed by atoms with Gasteiger partial charge >= 0.3 is 0 Å². The number of nitrogens with one attached hydrogen (secondary N) is 1. The first-order valence-electron chi connectivity index (χ1n) is 6.29. The van der Waals surface area contributed by atoms with Gasteiger partial charge in [-0.05, 0) is 44.4 Å². The number of aliphatic hydroxyl groups excluding tert-OH is 1. The van der Waals surface area contributed by atoms with Crippen molar-refractivity contribution in [3.63, 3.8) is 0 Å². The lowest BCUT2D eigenvalue weighted by molar-refractivity contribution is -0.0337. The molecular weight excluding hydrogens is 214 g/mol. The number of benzene rings is 1. The van der Waals surface area contributed by atoms with Crippen molar-refractivity contribution in [1.29, 1.82) is 0 Å². The third kappa shape index (κ3) is 3.45. The van der Waals surface area contributed by atoms with Gasteiger partial charge in [0.2, 0.25) is 0 Å². The quantitative estimate of drug-likeness (QED) is 0.846. The lowest BCUT2D eigenvalue weighted by Crippen LogP contribution is -2.36. The summed E-state index contributed by atoms with van der Waals surface area (Å²) < 4.78 is 5.72. The third-order valence-electron chi connectivity index (χ3n) is 3.20. The average Bonchev–Trinajstić information content (AvgIpc) is 2.28. The van der Waals surface area contributed by atoms with Crippen LogP contribution >= 0.6 is 0 Å². The molecule has 3 heteroatoms. The van der Waals surface area contributed by atoms with Crippen LogP contribution in [-0.4, -0.2) is 23.4 Å². The molecule has 17 heavy (non-hydrogen) atoms. The first-order chi connectivity index (χ1) is 8.17. The zero-order valence-electron chi connectivity index (χ0n) is 10.5. The van der Waals surface area contributed by atoms with Crippen LogP contribution in [0, 0.1) is 0 Å². The predicted molar refractivity (Wildman–Crippen MR) is 69.0 cm³/mol. The highest BCUT2D eigenvalue weighted by atomic mass is 16.5. The number of rotatable bonds is 3. The number of aliphatic hydroxyl groups is 1. The van der Waals surface area contributed by atoms with Crippen LogP contribution in [0.2, 0.25) is 0 Å². The van der Waals surface area contributed by atoms with Crippen molar-refractivity contribution in [2.75, 3.05) is 5.32 Å². The Labute approximate surface area is 103 Å². The van der Waals surface area contributed by atoms with Crippen LogP contribution in [0.3, 0.4) is 0 Å². The van der Waals surface area contributed by atoms with Crippen molar-refractivity contribution in [3.05, 3.63) is 29.8 Å². The molecule has 1 heterocycles. The predicted octanol–water partition coefficient (Wildman–Crippen LogP) is 2.55. The van der Waals surface area contributed by atoms with Gasteiger partial charge in [-0.1, -0.05) is 12.1 Å². The summed E-state index contributed by atoms with van der Waals surface area (Å²) in [6.45, 7) is 4.35. The number of anilines is 1. The minimum absolute atomic E-state index is 0.103. The van der Waals surface area contributed by atoms with Crippen LogP contribution < -0.4 is 5.32 Å². The Morgan fingerprint density at radius 1 is 1.18 bits per heavy atom. The van der Waals surface area contributed by atoms with Gasteiger partial charge in [-0.3, -0.25) is 0 Å². The SMILES string of the molecule is CC1CC(Nc2ccc(CO)cc2)CC(C)O1. The summed E-state index contributed by atoms with van der Waals surface area (Å²) in [6, 6.07) is 8.43. The van der Waals surface area contributed by atoms with E-state index in [1.54, 1.807) is 0 Å². The monoisotopic (exact) mass is 235 g/mol. The summed E-state index contributed by atoms with van der Waals surface area (Å²) in [5.74, 6) is 0. The largest absolute Gasteiger partial charge is 0.392 e. The lowest BCUT2D eigenvalue weighted by atomic mass is 9.99. The maximum Gasteiger partial charge on any atom is 0.0681 e. The molecule has 1 aromatic rings. The van der Waals surface area contributed by atoms with Crippen LogP contribution in [0.4, 0.5) is 5.69 Å². The second-order valence-electron chi connectivity index (χ2n) is 4.93. The van der Waals surface area contributed by atoms with E-state index in [1.165, 1.54) is 0 Å². The van der Waals surface area contributed by atoms with E-state index in [9.17, 15) is 0 Å². The minimum atomic E-state index is 0.103. The number of hydrogen-bond acceptors (Lipinski definition) is 3. The van der Waals surface area contributed by atoms with Gasteiger partial charge < -0.3 is 15.2 Å². The molecule has 1 aromatic carbocycles. The molecule has 1 aliphatic rings. The van der Waals surface area contributed by atoms with Crippen LogP contribution in [0.5, 0.6) is 0 Å². The number of ether oxygens (including phenoxy) is 1. The van der Waals surface area contributed by atoms with Gasteiger partial charge in [0.15, 0.2) is 0 Å². The zero-order valence-corrected chi connectivity index (χ0v) is 10.5. The van der Waals surface area contributed by atoms with E-state index in [4.69, 9.17) is 9.84 Å². The van der Waals surface area contributed by atoms with E-state index in [-0.39, 0.29) is 6.61 Å². The van der Waals surface area contributed by atoms with Crippen molar-refractivity contribution in [2.24, 2.45) is 0 Å². The Balaban J connectivity index is 1.95. The molecule has 1 fully saturated rings. The van der Waals surface area contributed by atoms with Crippen LogP contribution in [-0.2, 0) is 11.3 Å². The van der Waals surface area contributed by atoms with E-state index in [1.807, 2.05) is 24.3 Å². The Morgan fingerprint density at radius 3 is 2.29 bits per heavy atom. The number of hydrogen-bond donors (Lipinski definition) is 2. The van der Waals surface area contributed by atoms with Crippen LogP contribution in [0.1, 0.15) is 32.3 Å². The Bertz CT molecular complexity index is 340. The summed E-state index contributed by atoms with van der Waals surface area (Å²) in [6.07, 6.45) is 2.75. The highest BCUT2D eigenvalue weighted by molar-refractivity contribution is 5.45. The van der Waals surface area contributed by atoms with Crippen molar-refractivity contribution < 1.29 is 9.84 Å². The van der Waals surface area contributed by atoms with Crippen LogP contribution in [0.15, 0.2) is 24.3 Å². The molecule has 0 aromatic heterocycles. The zero-order chi connectivity index (χ0) is 12.3. The molecule has 1 aliphatic heterocycles. The smallest absolute Gasteiger partial charge is 0.0681 e. The van der Waals surface area contributed by atoms with Crippen molar-refractivity contribution in [3.8, 4) is 0 Å². The average molecular weight is 235 g/mol. The molecule has 0 spiro atoms. The molecule has 0 saturated carbocycles. The van der Waals surface area contributed by atoms with Gasteiger partial charge in [0.25, 0.3) is 0 Å². The molecule has 1 saturated heterocycles. The summed E-state index contributed by atoms with van der Waals surface area (Å²) in [5.41, 5.74) is 2.07. The maximum absolute atomic E-state index is 8.98. The fraction of sp³-hybridized carbons (Fsp3) is 0.571. The Kier molecular flexibility index (Phi) is 4.02. The molecule has 2 atom stereocenters. The van der Waals surface area contributed by atoms with Gasteiger partial charge in [-0.25, -0.2) is 0 Å². The highest BCUT2D eigenvalue weighted by Crippen LogP contribution is 2.22. The lowest BCUT2D eigenvalue weighted by Gasteiger charge is -2.33. The second-order valence-corrected chi connectivity index (χ2v) is 4.93. The Hall–Kier alpha value is -1.06. The molecule has 2 rings (SSSR count). The first-order valence-corrected chi connectivity index (χ1v) is 6.29.